The van der Waals surface area contributed by atoms with E-state index in [2.05, 4.69) is 43.6 Å². The van der Waals surface area contributed by atoms with Gasteiger partial charge >= 0.3 is 0 Å². The van der Waals surface area contributed by atoms with Gasteiger partial charge in [0.25, 0.3) is 0 Å². The SMILES string of the molecule is CC(C)C[C@@H]1CCC[C@H](c2cnc3cc4n(c3n2)CCC4(C)C)N[C@H]1CO. The largest absolute Gasteiger partial charge is 0.395 e. The van der Waals surface area contributed by atoms with E-state index in [9.17, 15) is 5.11 Å². The highest BCUT2D eigenvalue weighted by Gasteiger charge is 2.33. The summed E-state index contributed by atoms with van der Waals surface area (Å²) in [7, 11) is 0. The van der Waals surface area contributed by atoms with Gasteiger partial charge in [0.05, 0.1) is 24.5 Å². The van der Waals surface area contributed by atoms with Crippen molar-refractivity contribution in [3.8, 4) is 0 Å². The predicted octanol–water partition coefficient (Wildman–Crippen LogP) is 3.95. The molecule has 2 aliphatic heterocycles. The molecular formula is C22H34N4O. The Kier molecular flexibility index (Phi) is 5.02. The highest BCUT2D eigenvalue weighted by atomic mass is 16.3. The summed E-state index contributed by atoms with van der Waals surface area (Å²) in [6, 6.07) is 2.54. The molecule has 27 heavy (non-hydrogen) atoms. The van der Waals surface area contributed by atoms with Crippen LogP contribution in [-0.4, -0.2) is 32.3 Å². The number of hydrogen-bond acceptors (Lipinski definition) is 4. The summed E-state index contributed by atoms with van der Waals surface area (Å²) < 4.78 is 2.35. The van der Waals surface area contributed by atoms with E-state index in [4.69, 9.17) is 9.97 Å². The van der Waals surface area contributed by atoms with Gasteiger partial charge in [-0.15, -0.1) is 0 Å². The molecule has 0 bridgehead atoms. The zero-order chi connectivity index (χ0) is 19.2. The molecular weight excluding hydrogens is 336 g/mol. The molecule has 2 aliphatic rings. The summed E-state index contributed by atoms with van der Waals surface area (Å²) in [5.41, 5.74) is 4.62. The molecule has 0 aliphatic carbocycles. The number of aromatic nitrogens is 3. The van der Waals surface area contributed by atoms with E-state index in [-0.39, 0.29) is 24.1 Å². The van der Waals surface area contributed by atoms with Crippen molar-refractivity contribution in [2.24, 2.45) is 11.8 Å². The molecule has 1 fully saturated rings. The van der Waals surface area contributed by atoms with Gasteiger partial charge in [0, 0.05) is 23.7 Å². The van der Waals surface area contributed by atoms with E-state index in [1.807, 2.05) is 6.20 Å². The molecule has 4 rings (SSSR count). The molecule has 2 aromatic heterocycles. The van der Waals surface area contributed by atoms with Crippen molar-refractivity contribution in [1.29, 1.82) is 0 Å². The summed E-state index contributed by atoms with van der Waals surface area (Å²) in [6.45, 7) is 10.4. The summed E-state index contributed by atoms with van der Waals surface area (Å²) in [5.74, 6) is 1.19. The number of nitrogens with zero attached hydrogens (tertiary/aromatic N) is 3. The van der Waals surface area contributed by atoms with Crippen molar-refractivity contribution >= 4 is 11.2 Å². The molecule has 2 N–H and O–H groups in total. The van der Waals surface area contributed by atoms with Crippen molar-refractivity contribution in [2.45, 2.75) is 83.8 Å². The fourth-order valence-electron chi connectivity index (χ4n) is 5.08. The lowest BCUT2D eigenvalue weighted by atomic mass is 9.88. The third kappa shape index (κ3) is 3.52. The van der Waals surface area contributed by atoms with Crippen LogP contribution in [-0.2, 0) is 12.0 Å². The van der Waals surface area contributed by atoms with E-state index >= 15 is 0 Å². The Morgan fingerprint density at radius 3 is 2.89 bits per heavy atom. The van der Waals surface area contributed by atoms with Gasteiger partial charge in [0.1, 0.15) is 5.52 Å². The van der Waals surface area contributed by atoms with Crippen molar-refractivity contribution in [3.63, 3.8) is 0 Å². The first-order valence-corrected chi connectivity index (χ1v) is 10.6. The van der Waals surface area contributed by atoms with Crippen molar-refractivity contribution in [2.75, 3.05) is 6.61 Å². The third-order valence-electron chi connectivity index (χ3n) is 6.65. The second kappa shape index (κ2) is 7.17. The van der Waals surface area contributed by atoms with Crippen LogP contribution >= 0.6 is 0 Å². The Hall–Kier alpha value is -1.46. The quantitative estimate of drug-likeness (QED) is 0.855. The molecule has 0 aromatic carbocycles. The smallest absolute Gasteiger partial charge is 0.159 e. The number of hydrogen-bond donors (Lipinski definition) is 2. The standard InChI is InChI=1S/C22H34N4O/c1-14(2)10-15-6-5-7-16(24-19(15)13-27)18-12-23-17-11-20-22(3,4)8-9-26(20)21(17)25-18/h11-12,14-16,19,24,27H,5-10,13H2,1-4H3/t15-,16+,19-/m0/s1. The van der Waals surface area contributed by atoms with Crippen molar-refractivity contribution in [1.82, 2.24) is 19.9 Å². The molecule has 1 saturated heterocycles. The zero-order valence-electron chi connectivity index (χ0n) is 17.2. The van der Waals surface area contributed by atoms with Crippen LogP contribution in [0.25, 0.3) is 11.2 Å². The van der Waals surface area contributed by atoms with Crippen LogP contribution in [0.2, 0.25) is 0 Å². The first kappa shape index (κ1) is 18.9. The van der Waals surface area contributed by atoms with Crippen molar-refractivity contribution in [3.05, 3.63) is 23.7 Å². The minimum atomic E-state index is 0.148. The Bertz CT molecular complexity index is 810. The number of nitrogens with one attached hydrogen (secondary N) is 1. The normalized spacial score (nSPS) is 27.9. The van der Waals surface area contributed by atoms with Crippen LogP contribution in [0.3, 0.4) is 0 Å². The van der Waals surface area contributed by atoms with Gasteiger partial charge in [-0.25, -0.2) is 4.98 Å². The maximum absolute atomic E-state index is 9.98. The van der Waals surface area contributed by atoms with E-state index in [0.717, 1.165) is 42.7 Å². The topological polar surface area (TPSA) is 63.0 Å². The number of aryl methyl sites for hydroxylation is 1. The molecule has 0 radical (unpaired) electrons. The Morgan fingerprint density at radius 2 is 2.15 bits per heavy atom. The van der Waals surface area contributed by atoms with Crippen LogP contribution in [0.4, 0.5) is 0 Å². The van der Waals surface area contributed by atoms with Crippen LogP contribution < -0.4 is 5.32 Å². The van der Waals surface area contributed by atoms with Gasteiger partial charge < -0.3 is 15.0 Å². The number of aliphatic hydroxyl groups excluding tert-OH is 1. The second-order valence-corrected chi connectivity index (χ2v) is 9.65. The average molecular weight is 371 g/mol. The lowest BCUT2D eigenvalue weighted by molar-refractivity contribution is 0.178. The molecule has 0 saturated carbocycles. The molecule has 0 unspecified atom stereocenters. The Morgan fingerprint density at radius 1 is 1.33 bits per heavy atom. The lowest BCUT2D eigenvalue weighted by Gasteiger charge is -2.27. The van der Waals surface area contributed by atoms with E-state index in [0.29, 0.717) is 11.8 Å². The minimum absolute atomic E-state index is 0.148. The highest BCUT2D eigenvalue weighted by molar-refractivity contribution is 5.74. The number of fused-ring (bicyclic) bond motifs is 3. The molecule has 4 heterocycles. The molecule has 5 nitrogen and oxygen atoms in total. The first-order valence-electron chi connectivity index (χ1n) is 10.6. The average Bonchev–Trinajstić information content (AvgIpc) is 3.05. The molecule has 0 amide bonds. The van der Waals surface area contributed by atoms with E-state index < -0.39 is 0 Å². The fraction of sp³-hybridized carbons (Fsp3) is 0.727. The monoisotopic (exact) mass is 370 g/mol. The maximum atomic E-state index is 9.98. The van der Waals surface area contributed by atoms with E-state index in [1.165, 1.54) is 18.5 Å². The van der Waals surface area contributed by atoms with Gasteiger partial charge in [0.15, 0.2) is 5.65 Å². The first-order chi connectivity index (χ1) is 12.9. The number of aliphatic hydroxyl groups is 1. The van der Waals surface area contributed by atoms with Crippen LogP contribution in [0, 0.1) is 11.8 Å². The predicted molar refractivity (Wildman–Crippen MR) is 109 cm³/mol. The second-order valence-electron chi connectivity index (χ2n) is 9.65. The molecule has 3 atom stereocenters. The van der Waals surface area contributed by atoms with Crippen LogP contribution in [0.5, 0.6) is 0 Å². The zero-order valence-corrected chi connectivity index (χ0v) is 17.2. The summed E-state index contributed by atoms with van der Waals surface area (Å²) >= 11 is 0. The van der Waals surface area contributed by atoms with Gasteiger partial charge in [-0.1, -0.05) is 34.1 Å². The van der Waals surface area contributed by atoms with E-state index in [1.54, 1.807) is 0 Å². The van der Waals surface area contributed by atoms with Gasteiger partial charge in [-0.05, 0) is 43.6 Å². The summed E-state index contributed by atoms with van der Waals surface area (Å²) in [4.78, 5) is 9.80. The molecule has 148 valence electrons. The van der Waals surface area contributed by atoms with Crippen molar-refractivity contribution < 1.29 is 5.11 Å². The van der Waals surface area contributed by atoms with Crippen LogP contribution in [0.15, 0.2) is 12.3 Å². The highest BCUT2D eigenvalue weighted by Crippen LogP contribution is 2.38. The summed E-state index contributed by atoms with van der Waals surface area (Å²) in [6.07, 6.45) is 7.68. The Balaban J connectivity index is 1.62. The van der Waals surface area contributed by atoms with Gasteiger partial charge in [-0.3, -0.25) is 4.98 Å². The molecule has 5 heteroatoms. The lowest BCUT2D eigenvalue weighted by Crippen LogP contribution is -2.40. The number of rotatable bonds is 4. The third-order valence-corrected chi connectivity index (χ3v) is 6.65. The Labute approximate surface area is 162 Å². The van der Waals surface area contributed by atoms with Gasteiger partial charge in [0.2, 0.25) is 0 Å². The molecule has 2 aromatic rings. The maximum Gasteiger partial charge on any atom is 0.159 e. The minimum Gasteiger partial charge on any atom is -0.395 e. The van der Waals surface area contributed by atoms with Gasteiger partial charge in [-0.2, -0.15) is 0 Å². The summed E-state index contributed by atoms with van der Waals surface area (Å²) in [5, 5.41) is 13.7. The fourth-order valence-corrected chi connectivity index (χ4v) is 5.08. The molecule has 0 spiro atoms. The van der Waals surface area contributed by atoms with Crippen LogP contribution in [0.1, 0.15) is 77.2 Å².